The van der Waals surface area contributed by atoms with Crippen LogP contribution in [0.2, 0.25) is 0 Å². The molecular weight excluding hydrogens is 208 g/mol. The predicted molar refractivity (Wildman–Crippen MR) is 77.2 cm³/mol. The monoisotopic (exact) mass is 240 g/mol. The van der Waals surface area contributed by atoms with E-state index in [9.17, 15) is 0 Å². The molecule has 0 fully saturated rings. The standard InChI is InChI=1S/C16H32O/c1-4-7-9-10-11-12-14-17-15-16(6-3)13-8-5-2/h15H,4-14H2,1-3H3/b16-15+. The summed E-state index contributed by atoms with van der Waals surface area (Å²) in [5, 5.41) is 0. The third kappa shape index (κ3) is 11.8. The van der Waals surface area contributed by atoms with Crippen molar-refractivity contribution in [1.82, 2.24) is 0 Å². The highest BCUT2D eigenvalue weighted by atomic mass is 16.5. The van der Waals surface area contributed by atoms with Crippen LogP contribution in [0, 0.1) is 0 Å². The average molecular weight is 240 g/mol. The highest BCUT2D eigenvalue weighted by Gasteiger charge is 1.94. The van der Waals surface area contributed by atoms with E-state index in [-0.39, 0.29) is 0 Å². The summed E-state index contributed by atoms with van der Waals surface area (Å²) in [6.45, 7) is 7.62. The van der Waals surface area contributed by atoms with Crippen molar-refractivity contribution in [2.75, 3.05) is 6.61 Å². The molecule has 0 aromatic rings. The minimum Gasteiger partial charge on any atom is -0.501 e. The summed E-state index contributed by atoms with van der Waals surface area (Å²) in [4.78, 5) is 0. The molecule has 0 aromatic carbocycles. The molecule has 0 spiro atoms. The molecule has 0 aliphatic heterocycles. The molecular formula is C16H32O. The van der Waals surface area contributed by atoms with Gasteiger partial charge in [-0.25, -0.2) is 0 Å². The van der Waals surface area contributed by atoms with Crippen LogP contribution in [0.3, 0.4) is 0 Å². The molecule has 0 N–H and O–H groups in total. The molecule has 17 heavy (non-hydrogen) atoms. The molecule has 0 aliphatic rings. The first-order valence-corrected chi connectivity index (χ1v) is 7.64. The first-order valence-electron chi connectivity index (χ1n) is 7.64. The van der Waals surface area contributed by atoms with Crippen molar-refractivity contribution in [3.8, 4) is 0 Å². The first kappa shape index (κ1) is 16.5. The lowest BCUT2D eigenvalue weighted by Crippen LogP contribution is -1.91. The number of unbranched alkanes of at least 4 members (excludes halogenated alkanes) is 6. The Morgan fingerprint density at radius 1 is 0.824 bits per heavy atom. The largest absolute Gasteiger partial charge is 0.501 e. The van der Waals surface area contributed by atoms with Crippen LogP contribution >= 0.6 is 0 Å². The van der Waals surface area contributed by atoms with Crippen LogP contribution in [-0.2, 0) is 4.74 Å². The topological polar surface area (TPSA) is 9.23 Å². The molecule has 0 aromatic heterocycles. The predicted octanol–water partition coefficient (Wildman–Crippen LogP) is 5.85. The maximum absolute atomic E-state index is 5.63. The van der Waals surface area contributed by atoms with Gasteiger partial charge in [0, 0.05) is 0 Å². The molecule has 0 radical (unpaired) electrons. The quantitative estimate of drug-likeness (QED) is 0.307. The summed E-state index contributed by atoms with van der Waals surface area (Å²) in [6.07, 6.45) is 14.9. The van der Waals surface area contributed by atoms with Gasteiger partial charge in [0.1, 0.15) is 0 Å². The van der Waals surface area contributed by atoms with Crippen LogP contribution in [0.25, 0.3) is 0 Å². The van der Waals surface area contributed by atoms with Gasteiger partial charge in [0.15, 0.2) is 0 Å². The molecule has 0 rings (SSSR count). The second-order valence-corrected chi connectivity index (χ2v) is 4.87. The van der Waals surface area contributed by atoms with E-state index in [1.165, 1.54) is 63.4 Å². The van der Waals surface area contributed by atoms with Crippen molar-refractivity contribution >= 4 is 0 Å². The molecule has 1 heteroatoms. The van der Waals surface area contributed by atoms with Crippen LogP contribution in [0.15, 0.2) is 11.8 Å². The zero-order chi connectivity index (χ0) is 12.8. The van der Waals surface area contributed by atoms with Crippen LogP contribution in [-0.4, -0.2) is 6.61 Å². The van der Waals surface area contributed by atoms with Crippen molar-refractivity contribution in [3.63, 3.8) is 0 Å². The van der Waals surface area contributed by atoms with E-state index in [2.05, 4.69) is 20.8 Å². The van der Waals surface area contributed by atoms with Crippen molar-refractivity contribution in [2.24, 2.45) is 0 Å². The molecule has 0 atom stereocenters. The number of ether oxygens (including phenoxy) is 1. The van der Waals surface area contributed by atoms with Crippen LogP contribution in [0.5, 0.6) is 0 Å². The second-order valence-electron chi connectivity index (χ2n) is 4.87. The summed E-state index contributed by atoms with van der Waals surface area (Å²) in [7, 11) is 0. The average Bonchev–Trinajstić information content (AvgIpc) is 2.36. The van der Waals surface area contributed by atoms with Crippen LogP contribution in [0.4, 0.5) is 0 Å². The van der Waals surface area contributed by atoms with Gasteiger partial charge in [-0.1, -0.05) is 59.3 Å². The van der Waals surface area contributed by atoms with Gasteiger partial charge in [-0.05, 0) is 31.3 Å². The molecule has 0 aliphatic carbocycles. The van der Waals surface area contributed by atoms with E-state index in [4.69, 9.17) is 4.74 Å². The van der Waals surface area contributed by atoms with E-state index in [0.29, 0.717) is 0 Å². The summed E-state index contributed by atoms with van der Waals surface area (Å²) < 4.78 is 5.63. The molecule has 102 valence electrons. The minimum atomic E-state index is 0.905. The number of hydrogen-bond donors (Lipinski definition) is 0. The lowest BCUT2D eigenvalue weighted by Gasteiger charge is -2.05. The second kappa shape index (κ2) is 13.6. The Hall–Kier alpha value is -0.460. The molecule has 0 saturated carbocycles. The van der Waals surface area contributed by atoms with E-state index in [0.717, 1.165) is 13.0 Å². The summed E-state index contributed by atoms with van der Waals surface area (Å²) in [5.74, 6) is 0. The van der Waals surface area contributed by atoms with Crippen molar-refractivity contribution in [1.29, 1.82) is 0 Å². The van der Waals surface area contributed by atoms with Gasteiger partial charge in [-0.3, -0.25) is 0 Å². The Morgan fingerprint density at radius 3 is 2.12 bits per heavy atom. The zero-order valence-corrected chi connectivity index (χ0v) is 12.3. The SMILES string of the molecule is CCCCCCCCO/C=C(\CC)CCCC. The highest BCUT2D eigenvalue weighted by molar-refractivity contribution is 4.96. The third-order valence-corrected chi connectivity index (χ3v) is 3.17. The third-order valence-electron chi connectivity index (χ3n) is 3.17. The lowest BCUT2D eigenvalue weighted by molar-refractivity contribution is 0.236. The Balaban J connectivity index is 3.36. The van der Waals surface area contributed by atoms with Gasteiger partial charge >= 0.3 is 0 Å². The number of allylic oxidation sites excluding steroid dienone is 1. The Kier molecular flexibility index (Phi) is 13.2. The van der Waals surface area contributed by atoms with Crippen molar-refractivity contribution in [3.05, 3.63) is 11.8 Å². The normalized spacial score (nSPS) is 11.8. The zero-order valence-electron chi connectivity index (χ0n) is 12.3. The minimum absolute atomic E-state index is 0.905. The number of hydrogen-bond acceptors (Lipinski definition) is 1. The molecule has 0 unspecified atom stereocenters. The first-order chi connectivity index (χ1) is 8.35. The van der Waals surface area contributed by atoms with E-state index in [1.807, 2.05) is 6.26 Å². The van der Waals surface area contributed by atoms with Gasteiger partial charge in [-0.2, -0.15) is 0 Å². The smallest absolute Gasteiger partial charge is 0.0873 e. The number of rotatable bonds is 12. The van der Waals surface area contributed by atoms with Crippen molar-refractivity contribution < 1.29 is 4.74 Å². The molecule has 0 heterocycles. The van der Waals surface area contributed by atoms with E-state index >= 15 is 0 Å². The van der Waals surface area contributed by atoms with Gasteiger partial charge in [0.05, 0.1) is 12.9 Å². The van der Waals surface area contributed by atoms with E-state index < -0.39 is 0 Å². The molecule has 0 amide bonds. The Labute approximate surface area is 109 Å². The van der Waals surface area contributed by atoms with Crippen LogP contribution in [0.1, 0.15) is 85.0 Å². The lowest BCUT2D eigenvalue weighted by atomic mass is 10.1. The molecule has 0 bridgehead atoms. The maximum atomic E-state index is 5.63. The van der Waals surface area contributed by atoms with Gasteiger partial charge in [0.25, 0.3) is 0 Å². The Morgan fingerprint density at radius 2 is 1.47 bits per heavy atom. The summed E-state index contributed by atoms with van der Waals surface area (Å²) >= 11 is 0. The van der Waals surface area contributed by atoms with Crippen LogP contribution < -0.4 is 0 Å². The van der Waals surface area contributed by atoms with Gasteiger partial charge in [0.2, 0.25) is 0 Å². The summed E-state index contributed by atoms with van der Waals surface area (Å²) in [6, 6.07) is 0. The van der Waals surface area contributed by atoms with Gasteiger partial charge in [-0.15, -0.1) is 0 Å². The maximum Gasteiger partial charge on any atom is 0.0873 e. The Bertz CT molecular complexity index is 172. The fourth-order valence-electron chi connectivity index (χ4n) is 1.87. The summed E-state index contributed by atoms with van der Waals surface area (Å²) in [5.41, 5.74) is 1.47. The van der Waals surface area contributed by atoms with E-state index in [1.54, 1.807) is 0 Å². The molecule has 0 saturated heterocycles. The highest BCUT2D eigenvalue weighted by Crippen LogP contribution is 2.11. The fraction of sp³-hybridized carbons (Fsp3) is 0.875. The van der Waals surface area contributed by atoms with Gasteiger partial charge < -0.3 is 4.74 Å². The fourth-order valence-corrected chi connectivity index (χ4v) is 1.87. The molecule has 1 nitrogen and oxygen atoms in total. The van der Waals surface area contributed by atoms with Crippen molar-refractivity contribution in [2.45, 2.75) is 85.0 Å².